The van der Waals surface area contributed by atoms with E-state index in [1.54, 1.807) is 20.7 Å². The lowest BCUT2D eigenvalue weighted by Gasteiger charge is -2.34. The third-order valence-electron chi connectivity index (χ3n) is 3.93. The Hall–Kier alpha value is -1.85. The molecule has 3 heterocycles. The number of amides is 2. The van der Waals surface area contributed by atoms with E-state index >= 15 is 0 Å². The second-order valence-corrected chi connectivity index (χ2v) is 5.21. The maximum absolute atomic E-state index is 12.6. The molecule has 0 N–H and O–H groups in total. The molecule has 0 spiro atoms. The standard InChI is InChI=1S/C13H18N4O2/c1-15-9-10(8-14-15)16-7-5-12(18)17-6-3-2-4-11(17)13(16)19/h8-9,11H,2-7H2,1H3. The molecule has 2 amide bonds. The van der Waals surface area contributed by atoms with Gasteiger partial charge in [0.1, 0.15) is 6.04 Å². The SMILES string of the molecule is Cn1cc(N2CCC(=O)N3CCCCC3C2=O)cn1. The predicted molar refractivity (Wildman–Crippen MR) is 69.5 cm³/mol. The van der Waals surface area contributed by atoms with Crippen LogP contribution in [0.2, 0.25) is 0 Å². The van der Waals surface area contributed by atoms with Crippen molar-refractivity contribution in [2.75, 3.05) is 18.0 Å². The molecule has 2 saturated heterocycles. The summed E-state index contributed by atoms with van der Waals surface area (Å²) >= 11 is 0. The number of carbonyl (C=O) groups excluding carboxylic acids is 2. The van der Waals surface area contributed by atoms with Gasteiger partial charge in [-0.1, -0.05) is 0 Å². The quantitative estimate of drug-likeness (QED) is 0.742. The first-order valence-electron chi connectivity index (χ1n) is 6.76. The van der Waals surface area contributed by atoms with E-state index in [9.17, 15) is 9.59 Å². The van der Waals surface area contributed by atoms with Gasteiger partial charge in [-0.25, -0.2) is 0 Å². The van der Waals surface area contributed by atoms with Gasteiger partial charge in [0.2, 0.25) is 11.8 Å². The third kappa shape index (κ3) is 2.11. The van der Waals surface area contributed by atoms with E-state index in [4.69, 9.17) is 0 Å². The molecule has 6 nitrogen and oxygen atoms in total. The van der Waals surface area contributed by atoms with Crippen molar-refractivity contribution >= 4 is 17.5 Å². The smallest absolute Gasteiger partial charge is 0.249 e. The fraction of sp³-hybridized carbons (Fsp3) is 0.615. The number of hydrogen-bond donors (Lipinski definition) is 0. The first-order valence-corrected chi connectivity index (χ1v) is 6.76. The summed E-state index contributed by atoms with van der Waals surface area (Å²) in [6.45, 7) is 1.17. The second kappa shape index (κ2) is 4.68. The molecule has 0 radical (unpaired) electrons. The van der Waals surface area contributed by atoms with E-state index < -0.39 is 0 Å². The molecule has 2 aliphatic heterocycles. The fourth-order valence-corrected chi connectivity index (χ4v) is 2.93. The van der Waals surface area contributed by atoms with Gasteiger partial charge in [-0.2, -0.15) is 5.10 Å². The molecule has 102 valence electrons. The largest absolute Gasteiger partial charge is 0.331 e. The molecule has 1 atom stereocenters. The highest BCUT2D eigenvalue weighted by molar-refractivity contribution is 6.01. The minimum Gasteiger partial charge on any atom is -0.331 e. The zero-order valence-corrected chi connectivity index (χ0v) is 11.1. The average Bonchev–Trinajstić information content (AvgIpc) is 2.80. The van der Waals surface area contributed by atoms with Crippen molar-refractivity contribution in [1.29, 1.82) is 0 Å². The number of hydrogen-bond acceptors (Lipinski definition) is 3. The summed E-state index contributed by atoms with van der Waals surface area (Å²) in [5.74, 6) is 0.142. The van der Waals surface area contributed by atoms with Crippen LogP contribution in [-0.4, -0.2) is 45.6 Å². The topological polar surface area (TPSA) is 58.4 Å². The van der Waals surface area contributed by atoms with Crippen molar-refractivity contribution < 1.29 is 9.59 Å². The van der Waals surface area contributed by atoms with Gasteiger partial charge in [-0.15, -0.1) is 0 Å². The first kappa shape index (κ1) is 12.2. The van der Waals surface area contributed by atoms with Gasteiger partial charge in [0.05, 0.1) is 11.9 Å². The van der Waals surface area contributed by atoms with Gasteiger partial charge in [0.15, 0.2) is 0 Å². The average molecular weight is 262 g/mol. The number of anilines is 1. The Balaban J connectivity index is 1.90. The van der Waals surface area contributed by atoms with E-state index in [0.717, 1.165) is 31.5 Å². The van der Waals surface area contributed by atoms with Crippen LogP contribution >= 0.6 is 0 Å². The second-order valence-electron chi connectivity index (χ2n) is 5.21. The Labute approximate surface area is 112 Å². The fourth-order valence-electron chi connectivity index (χ4n) is 2.93. The van der Waals surface area contributed by atoms with Crippen LogP contribution in [0.4, 0.5) is 5.69 Å². The van der Waals surface area contributed by atoms with E-state index in [-0.39, 0.29) is 17.9 Å². The number of aromatic nitrogens is 2. The number of nitrogens with zero attached hydrogens (tertiary/aromatic N) is 4. The normalized spacial score (nSPS) is 24.4. The summed E-state index contributed by atoms with van der Waals surface area (Å²) in [6, 6.07) is -0.274. The summed E-state index contributed by atoms with van der Waals surface area (Å²) in [5.41, 5.74) is 0.785. The van der Waals surface area contributed by atoms with Crippen molar-refractivity contribution in [2.24, 2.45) is 7.05 Å². The first-order chi connectivity index (χ1) is 9.16. The Morgan fingerprint density at radius 2 is 2.11 bits per heavy atom. The number of carbonyl (C=O) groups is 2. The van der Waals surface area contributed by atoms with E-state index in [1.165, 1.54) is 0 Å². The minimum atomic E-state index is -0.274. The highest BCUT2D eigenvalue weighted by atomic mass is 16.2. The summed E-state index contributed by atoms with van der Waals surface area (Å²) < 4.78 is 1.67. The Bertz CT molecular complexity index is 510. The molecule has 1 aromatic heterocycles. The van der Waals surface area contributed by atoms with Gasteiger partial charge in [-0.3, -0.25) is 14.3 Å². The van der Waals surface area contributed by atoms with Crippen molar-refractivity contribution in [1.82, 2.24) is 14.7 Å². The lowest BCUT2D eigenvalue weighted by atomic mass is 10.0. The molecular formula is C13H18N4O2. The molecule has 2 fully saturated rings. The molecule has 1 unspecified atom stereocenters. The maximum Gasteiger partial charge on any atom is 0.249 e. The van der Waals surface area contributed by atoms with Crippen LogP contribution < -0.4 is 4.90 Å². The van der Waals surface area contributed by atoms with Crippen molar-refractivity contribution in [3.63, 3.8) is 0 Å². The number of aryl methyl sites for hydroxylation is 1. The maximum atomic E-state index is 12.6. The van der Waals surface area contributed by atoms with E-state index in [1.807, 2.05) is 13.2 Å². The van der Waals surface area contributed by atoms with Gasteiger partial charge >= 0.3 is 0 Å². The summed E-state index contributed by atoms with van der Waals surface area (Å²) in [5, 5.41) is 4.10. The van der Waals surface area contributed by atoms with E-state index in [2.05, 4.69) is 5.10 Å². The predicted octanol–water partition coefficient (Wildman–Crippen LogP) is 0.538. The molecule has 2 aliphatic rings. The molecule has 0 bridgehead atoms. The van der Waals surface area contributed by atoms with Gasteiger partial charge < -0.3 is 9.80 Å². The molecule has 0 aliphatic carbocycles. The minimum absolute atomic E-state index is 0.0403. The highest BCUT2D eigenvalue weighted by Crippen LogP contribution is 2.25. The van der Waals surface area contributed by atoms with Crippen molar-refractivity contribution in [3.05, 3.63) is 12.4 Å². The highest BCUT2D eigenvalue weighted by Gasteiger charge is 2.38. The molecule has 3 rings (SSSR count). The van der Waals surface area contributed by atoms with Crippen LogP contribution in [0.5, 0.6) is 0 Å². The zero-order chi connectivity index (χ0) is 13.4. The van der Waals surface area contributed by atoms with Gasteiger partial charge in [-0.05, 0) is 19.3 Å². The lowest BCUT2D eigenvalue weighted by molar-refractivity contribution is -0.138. The van der Waals surface area contributed by atoms with Crippen molar-refractivity contribution in [3.8, 4) is 0 Å². The zero-order valence-electron chi connectivity index (χ0n) is 11.1. The van der Waals surface area contributed by atoms with Crippen LogP contribution in [0.1, 0.15) is 25.7 Å². The van der Waals surface area contributed by atoms with Crippen LogP contribution in [0.3, 0.4) is 0 Å². The van der Waals surface area contributed by atoms with Crippen LogP contribution in [0, 0.1) is 0 Å². The summed E-state index contributed by atoms with van der Waals surface area (Å²) in [7, 11) is 1.82. The summed E-state index contributed by atoms with van der Waals surface area (Å²) in [4.78, 5) is 28.2. The molecule has 0 aromatic carbocycles. The molecular weight excluding hydrogens is 244 g/mol. The van der Waals surface area contributed by atoms with E-state index in [0.29, 0.717) is 13.0 Å². The third-order valence-corrected chi connectivity index (χ3v) is 3.93. The Morgan fingerprint density at radius 1 is 1.26 bits per heavy atom. The van der Waals surface area contributed by atoms with Crippen molar-refractivity contribution in [2.45, 2.75) is 31.7 Å². The van der Waals surface area contributed by atoms with Crippen LogP contribution in [0.15, 0.2) is 12.4 Å². The molecule has 6 heteroatoms. The van der Waals surface area contributed by atoms with Crippen LogP contribution in [0.25, 0.3) is 0 Å². The monoisotopic (exact) mass is 262 g/mol. The van der Waals surface area contributed by atoms with Gasteiger partial charge in [0, 0.05) is 32.8 Å². The molecule has 0 saturated carbocycles. The Kier molecular flexibility index (Phi) is 3.00. The number of piperidine rings is 1. The Morgan fingerprint density at radius 3 is 2.84 bits per heavy atom. The number of rotatable bonds is 1. The molecule has 19 heavy (non-hydrogen) atoms. The number of fused-ring (bicyclic) bond motifs is 1. The van der Waals surface area contributed by atoms with Gasteiger partial charge in [0.25, 0.3) is 0 Å². The molecule has 1 aromatic rings. The summed E-state index contributed by atoms with van der Waals surface area (Å²) in [6.07, 6.45) is 6.70. The lowest BCUT2D eigenvalue weighted by Crippen LogP contribution is -2.49. The van der Waals surface area contributed by atoms with Crippen LogP contribution in [-0.2, 0) is 16.6 Å².